The van der Waals surface area contributed by atoms with Crippen LogP contribution in [-0.2, 0) is 6.42 Å². The lowest BCUT2D eigenvalue weighted by Gasteiger charge is -2.14. The van der Waals surface area contributed by atoms with Crippen LogP contribution in [-0.4, -0.2) is 7.05 Å². The third-order valence-corrected chi connectivity index (χ3v) is 4.98. The fraction of sp³-hybridized carbons (Fsp3) is 0.385. The van der Waals surface area contributed by atoms with Gasteiger partial charge in [-0.2, -0.15) is 11.3 Å². The van der Waals surface area contributed by atoms with Crippen LogP contribution in [0.5, 0.6) is 0 Å². The van der Waals surface area contributed by atoms with Gasteiger partial charge in [-0.05, 0) is 54.4 Å². The molecule has 86 valence electrons. The van der Waals surface area contributed by atoms with E-state index < -0.39 is 0 Å². The number of rotatable bonds is 4. The number of thiophene rings is 2. The van der Waals surface area contributed by atoms with Gasteiger partial charge < -0.3 is 5.32 Å². The van der Waals surface area contributed by atoms with Crippen molar-refractivity contribution in [3.8, 4) is 0 Å². The third-order valence-electron chi connectivity index (χ3n) is 2.81. The fourth-order valence-corrected chi connectivity index (χ4v) is 3.82. The zero-order valence-electron chi connectivity index (χ0n) is 9.91. The molecule has 0 fully saturated rings. The monoisotopic (exact) mass is 251 g/mol. The van der Waals surface area contributed by atoms with Crippen LogP contribution >= 0.6 is 22.7 Å². The molecule has 0 bridgehead atoms. The summed E-state index contributed by atoms with van der Waals surface area (Å²) in [5.41, 5.74) is 2.80. The molecule has 16 heavy (non-hydrogen) atoms. The van der Waals surface area contributed by atoms with Crippen LogP contribution in [0.2, 0.25) is 0 Å². The topological polar surface area (TPSA) is 12.0 Å². The molecule has 1 nitrogen and oxygen atoms in total. The average molecular weight is 251 g/mol. The largest absolute Gasteiger partial charge is 0.309 e. The van der Waals surface area contributed by atoms with E-state index in [1.165, 1.54) is 20.9 Å². The smallest absolute Gasteiger partial charge is 0.0679 e. The summed E-state index contributed by atoms with van der Waals surface area (Å²) >= 11 is 3.70. The molecule has 1 N–H and O–H groups in total. The van der Waals surface area contributed by atoms with E-state index in [9.17, 15) is 0 Å². The van der Waals surface area contributed by atoms with E-state index in [1.807, 2.05) is 18.4 Å². The van der Waals surface area contributed by atoms with Crippen molar-refractivity contribution in [2.24, 2.45) is 0 Å². The first-order valence-corrected chi connectivity index (χ1v) is 7.30. The number of hydrogen-bond donors (Lipinski definition) is 1. The summed E-state index contributed by atoms with van der Waals surface area (Å²) in [6.45, 7) is 4.39. The minimum Gasteiger partial charge on any atom is -0.309 e. The van der Waals surface area contributed by atoms with Crippen molar-refractivity contribution >= 4 is 22.7 Å². The van der Waals surface area contributed by atoms with Gasteiger partial charge in [0.15, 0.2) is 0 Å². The molecule has 0 aromatic carbocycles. The third kappa shape index (κ3) is 2.21. The fourth-order valence-electron chi connectivity index (χ4n) is 1.86. The van der Waals surface area contributed by atoms with E-state index in [1.54, 1.807) is 11.3 Å². The standard InChI is InChI=1S/C13H17NS2/c1-4-10-5-6-12(16-10)13(14-3)11-8-15-7-9(11)2/h5-8,13-14H,4H2,1-3H3. The van der Waals surface area contributed by atoms with Gasteiger partial charge in [-0.15, -0.1) is 11.3 Å². The molecule has 0 amide bonds. The van der Waals surface area contributed by atoms with Crippen LogP contribution in [0.1, 0.15) is 33.8 Å². The minimum absolute atomic E-state index is 0.358. The number of nitrogens with one attached hydrogen (secondary N) is 1. The maximum atomic E-state index is 3.42. The molecule has 2 heterocycles. The summed E-state index contributed by atoms with van der Waals surface area (Å²) in [5, 5.41) is 7.88. The van der Waals surface area contributed by atoms with Gasteiger partial charge in [0.1, 0.15) is 0 Å². The van der Waals surface area contributed by atoms with Crippen LogP contribution in [0.15, 0.2) is 22.9 Å². The van der Waals surface area contributed by atoms with Gasteiger partial charge in [0, 0.05) is 9.75 Å². The highest BCUT2D eigenvalue weighted by atomic mass is 32.1. The van der Waals surface area contributed by atoms with Crippen LogP contribution in [0.25, 0.3) is 0 Å². The summed E-state index contributed by atoms with van der Waals surface area (Å²) in [5.74, 6) is 0. The van der Waals surface area contributed by atoms with E-state index in [2.05, 4.69) is 42.1 Å². The number of aryl methyl sites for hydroxylation is 2. The van der Waals surface area contributed by atoms with E-state index in [-0.39, 0.29) is 0 Å². The number of hydrogen-bond acceptors (Lipinski definition) is 3. The van der Waals surface area contributed by atoms with Gasteiger partial charge in [0.2, 0.25) is 0 Å². The Bertz CT molecular complexity index is 456. The molecule has 0 aliphatic rings. The molecule has 0 saturated heterocycles. The van der Waals surface area contributed by atoms with Crippen molar-refractivity contribution in [2.45, 2.75) is 26.3 Å². The summed E-state index contributed by atoms with van der Waals surface area (Å²) in [6.07, 6.45) is 1.13. The zero-order chi connectivity index (χ0) is 11.5. The van der Waals surface area contributed by atoms with Crippen molar-refractivity contribution in [3.05, 3.63) is 43.8 Å². The molecule has 1 atom stereocenters. The lowest BCUT2D eigenvalue weighted by atomic mass is 10.1. The van der Waals surface area contributed by atoms with Crippen molar-refractivity contribution in [2.75, 3.05) is 7.05 Å². The first-order valence-electron chi connectivity index (χ1n) is 5.54. The van der Waals surface area contributed by atoms with E-state index >= 15 is 0 Å². The van der Waals surface area contributed by atoms with Gasteiger partial charge in [-0.25, -0.2) is 0 Å². The lowest BCUT2D eigenvalue weighted by Crippen LogP contribution is -2.16. The Balaban J connectivity index is 2.32. The Morgan fingerprint density at radius 2 is 2.12 bits per heavy atom. The lowest BCUT2D eigenvalue weighted by molar-refractivity contribution is 0.702. The SMILES string of the molecule is CCc1ccc(C(NC)c2cscc2C)s1. The quantitative estimate of drug-likeness (QED) is 0.866. The van der Waals surface area contributed by atoms with Gasteiger partial charge >= 0.3 is 0 Å². The van der Waals surface area contributed by atoms with Crippen molar-refractivity contribution in [1.82, 2.24) is 5.32 Å². The minimum atomic E-state index is 0.358. The average Bonchev–Trinajstić information content (AvgIpc) is 2.90. The van der Waals surface area contributed by atoms with Gasteiger partial charge in [-0.1, -0.05) is 6.92 Å². The van der Waals surface area contributed by atoms with Gasteiger partial charge in [0.25, 0.3) is 0 Å². The van der Waals surface area contributed by atoms with Crippen LogP contribution in [0.4, 0.5) is 0 Å². The molecule has 0 radical (unpaired) electrons. The van der Waals surface area contributed by atoms with E-state index in [4.69, 9.17) is 0 Å². The molecular weight excluding hydrogens is 234 g/mol. The zero-order valence-corrected chi connectivity index (χ0v) is 11.5. The summed E-state index contributed by atoms with van der Waals surface area (Å²) in [7, 11) is 2.03. The first kappa shape index (κ1) is 11.8. The molecule has 1 unspecified atom stereocenters. The highest BCUT2D eigenvalue weighted by Crippen LogP contribution is 2.31. The first-order chi connectivity index (χ1) is 7.76. The maximum Gasteiger partial charge on any atom is 0.0679 e. The second kappa shape index (κ2) is 5.13. The van der Waals surface area contributed by atoms with Crippen LogP contribution < -0.4 is 5.32 Å². The van der Waals surface area contributed by atoms with E-state index in [0.29, 0.717) is 6.04 Å². The predicted octanol–water partition coefficient (Wildman–Crippen LogP) is 3.99. The summed E-state index contributed by atoms with van der Waals surface area (Å²) in [4.78, 5) is 2.88. The summed E-state index contributed by atoms with van der Waals surface area (Å²) in [6, 6.07) is 4.85. The maximum absolute atomic E-state index is 3.42. The Hall–Kier alpha value is -0.640. The Kier molecular flexibility index (Phi) is 3.79. The van der Waals surface area contributed by atoms with Gasteiger partial charge in [0.05, 0.1) is 6.04 Å². The second-order valence-corrected chi connectivity index (χ2v) is 5.83. The highest BCUT2D eigenvalue weighted by molar-refractivity contribution is 7.12. The highest BCUT2D eigenvalue weighted by Gasteiger charge is 2.16. The molecule has 0 spiro atoms. The van der Waals surface area contributed by atoms with E-state index in [0.717, 1.165) is 6.42 Å². The molecule has 2 aromatic rings. The summed E-state index contributed by atoms with van der Waals surface area (Å²) < 4.78 is 0. The molecule has 2 aromatic heterocycles. The van der Waals surface area contributed by atoms with Crippen molar-refractivity contribution < 1.29 is 0 Å². The molecule has 0 saturated carbocycles. The van der Waals surface area contributed by atoms with Crippen molar-refractivity contribution in [1.29, 1.82) is 0 Å². The molecule has 3 heteroatoms. The second-order valence-electron chi connectivity index (χ2n) is 3.89. The molecular formula is C13H17NS2. The molecule has 2 rings (SSSR count). The van der Waals surface area contributed by atoms with Crippen molar-refractivity contribution in [3.63, 3.8) is 0 Å². The normalized spacial score (nSPS) is 12.9. The Labute approximate surface area is 105 Å². The Morgan fingerprint density at radius 3 is 2.62 bits per heavy atom. The molecule has 0 aliphatic carbocycles. The van der Waals surface area contributed by atoms with Gasteiger partial charge in [-0.3, -0.25) is 0 Å². The Morgan fingerprint density at radius 1 is 1.31 bits per heavy atom. The molecule has 0 aliphatic heterocycles. The van der Waals surface area contributed by atoms with Crippen LogP contribution in [0, 0.1) is 6.92 Å². The van der Waals surface area contributed by atoms with Crippen LogP contribution in [0.3, 0.4) is 0 Å². The predicted molar refractivity (Wildman–Crippen MR) is 73.7 cm³/mol.